The van der Waals surface area contributed by atoms with Crippen LogP contribution in [0.5, 0.6) is 11.5 Å². The van der Waals surface area contributed by atoms with E-state index < -0.39 is 0 Å². The van der Waals surface area contributed by atoms with E-state index in [1.165, 1.54) is 11.8 Å². The number of amides is 1. The fourth-order valence-corrected chi connectivity index (χ4v) is 4.21. The number of hydrogen-bond acceptors (Lipinski definition) is 4. The number of carbonyl (C=O) groups is 1. The average molecular weight is 422 g/mol. The molecule has 0 saturated carbocycles. The molecule has 1 N–H and O–H groups in total. The van der Waals surface area contributed by atoms with Gasteiger partial charge in [-0.1, -0.05) is 54.6 Å². The van der Waals surface area contributed by atoms with Gasteiger partial charge in [-0.3, -0.25) is 4.79 Å². The molecule has 4 nitrogen and oxygen atoms in total. The smallest absolute Gasteiger partial charge is 0.233 e. The number of carbonyl (C=O) groups excluding carboxylic acids is 1. The van der Waals surface area contributed by atoms with Crippen LogP contribution < -0.4 is 14.8 Å². The Morgan fingerprint density at radius 2 is 1.57 bits per heavy atom. The molecule has 156 valence electrons. The quantitative estimate of drug-likeness (QED) is 0.495. The zero-order valence-electron chi connectivity index (χ0n) is 17.7. The van der Waals surface area contributed by atoms with Crippen molar-refractivity contribution in [1.82, 2.24) is 5.32 Å². The zero-order valence-corrected chi connectivity index (χ0v) is 18.5. The molecule has 3 aromatic rings. The standard InChI is InChI=1S/C25H27NO3S/c1-17-10-8-9-13-21(17)24(19-11-6-5-7-12-19)26-25(27)18(2)30-20-14-15-22(28-3)23(16-20)29-4/h5-16,18,24H,1-4H3,(H,26,27). The van der Waals surface area contributed by atoms with Crippen LogP contribution in [-0.4, -0.2) is 25.4 Å². The number of rotatable bonds is 8. The lowest BCUT2D eigenvalue weighted by Crippen LogP contribution is -2.35. The van der Waals surface area contributed by atoms with Crippen molar-refractivity contribution < 1.29 is 14.3 Å². The third kappa shape index (κ3) is 5.16. The number of benzene rings is 3. The summed E-state index contributed by atoms with van der Waals surface area (Å²) in [5.41, 5.74) is 3.30. The highest BCUT2D eigenvalue weighted by atomic mass is 32.2. The molecule has 2 atom stereocenters. The van der Waals surface area contributed by atoms with Gasteiger partial charge in [0.2, 0.25) is 5.91 Å². The summed E-state index contributed by atoms with van der Waals surface area (Å²) in [7, 11) is 3.21. The van der Waals surface area contributed by atoms with Crippen LogP contribution in [0.2, 0.25) is 0 Å². The van der Waals surface area contributed by atoms with E-state index in [4.69, 9.17) is 9.47 Å². The molecule has 0 aliphatic carbocycles. The van der Waals surface area contributed by atoms with Crippen LogP contribution >= 0.6 is 11.8 Å². The Balaban J connectivity index is 1.80. The number of hydrogen-bond donors (Lipinski definition) is 1. The predicted octanol–water partition coefficient (Wildman–Crippen LogP) is 5.40. The van der Waals surface area contributed by atoms with Crippen molar-refractivity contribution in [2.24, 2.45) is 0 Å². The van der Waals surface area contributed by atoms with Gasteiger partial charge in [0.15, 0.2) is 11.5 Å². The molecule has 3 aromatic carbocycles. The van der Waals surface area contributed by atoms with Gasteiger partial charge in [0.1, 0.15) is 0 Å². The lowest BCUT2D eigenvalue weighted by Gasteiger charge is -2.23. The van der Waals surface area contributed by atoms with Gasteiger partial charge in [0, 0.05) is 4.90 Å². The van der Waals surface area contributed by atoms with Gasteiger partial charge in [-0.25, -0.2) is 0 Å². The second-order valence-electron chi connectivity index (χ2n) is 6.99. The number of methoxy groups -OCH3 is 2. The summed E-state index contributed by atoms with van der Waals surface area (Å²) < 4.78 is 10.7. The lowest BCUT2D eigenvalue weighted by atomic mass is 9.95. The first-order valence-corrected chi connectivity index (χ1v) is 10.7. The van der Waals surface area contributed by atoms with Crippen LogP contribution in [-0.2, 0) is 4.79 Å². The molecule has 0 heterocycles. The molecule has 0 fully saturated rings. The Labute approximate surface area is 182 Å². The number of nitrogens with one attached hydrogen (secondary N) is 1. The Morgan fingerprint density at radius 1 is 0.900 bits per heavy atom. The first-order chi connectivity index (χ1) is 14.5. The Morgan fingerprint density at radius 3 is 2.23 bits per heavy atom. The van der Waals surface area contributed by atoms with E-state index in [1.54, 1.807) is 14.2 Å². The Kier molecular flexibility index (Phi) is 7.41. The molecular formula is C25H27NO3S. The topological polar surface area (TPSA) is 47.6 Å². The summed E-state index contributed by atoms with van der Waals surface area (Å²) in [5, 5.41) is 2.97. The normalized spacial score (nSPS) is 12.7. The van der Waals surface area contributed by atoms with E-state index in [1.807, 2.05) is 67.6 Å². The molecule has 5 heteroatoms. The maximum absolute atomic E-state index is 13.1. The van der Waals surface area contributed by atoms with E-state index >= 15 is 0 Å². The van der Waals surface area contributed by atoms with Gasteiger partial charge >= 0.3 is 0 Å². The minimum atomic E-state index is -0.279. The largest absolute Gasteiger partial charge is 0.493 e. The summed E-state index contributed by atoms with van der Waals surface area (Å²) in [5.74, 6) is 1.30. The molecule has 0 bridgehead atoms. The minimum Gasteiger partial charge on any atom is -0.493 e. The molecule has 0 aliphatic heterocycles. The van der Waals surface area contributed by atoms with Gasteiger partial charge in [-0.2, -0.15) is 0 Å². The highest BCUT2D eigenvalue weighted by Gasteiger charge is 2.22. The number of aryl methyl sites for hydroxylation is 1. The van der Waals surface area contributed by atoms with E-state index in [0.29, 0.717) is 11.5 Å². The van der Waals surface area contributed by atoms with Gasteiger partial charge in [0.05, 0.1) is 25.5 Å². The molecule has 0 spiro atoms. The van der Waals surface area contributed by atoms with Crippen LogP contribution in [0, 0.1) is 6.92 Å². The van der Waals surface area contributed by atoms with E-state index in [9.17, 15) is 4.79 Å². The summed E-state index contributed by atoms with van der Waals surface area (Å²) in [6.07, 6.45) is 0. The number of ether oxygens (including phenoxy) is 2. The predicted molar refractivity (Wildman–Crippen MR) is 122 cm³/mol. The van der Waals surface area contributed by atoms with Crippen molar-refractivity contribution in [2.75, 3.05) is 14.2 Å². The van der Waals surface area contributed by atoms with Crippen molar-refractivity contribution in [2.45, 2.75) is 30.0 Å². The molecular weight excluding hydrogens is 394 g/mol. The van der Waals surface area contributed by atoms with Crippen LogP contribution in [0.4, 0.5) is 0 Å². The second kappa shape index (κ2) is 10.2. The molecule has 0 aromatic heterocycles. The monoisotopic (exact) mass is 421 g/mol. The zero-order chi connectivity index (χ0) is 21.5. The van der Waals surface area contributed by atoms with Crippen LogP contribution in [0.1, 0.15) is 29.7 Å². The minimum absolute atomic E-state index is 0.0214. The molecule has 2 unspecified atom stereocenters. The molecule has 3 rings (SSSR count). The van der Waals surface area contributed by atoms with Crippen molar-refractivity contribution in [1.29, 1.82) is 0 Å². The van der Waals surface area contributed by atoms with Crippen LogP contribution in [0.15, 0.2) is 77.7 Å². The highest BCUT2D eigenvalue weighted by molar-refractivity contribution is 8.00. The summed E-state index contributed by atoms with van der Waals surface area (Å²) in [4.78, 5) is 14.1. The third-order valence-corrected chi connectivity index (χ3v) is 6.05. The molecule has 1 amide bonds. The fraction of sp³-hybridized carbons (Fsp3) is 0.240. The summed E-state index contributed by atoms with van der Waals surface area (Å²) in [6, 6.07) is 23.7. The molecule has 0 radical (unpaired) electrons. The maximum Gasteiger partial charge on any atom is 0.233 e. The van der Waals surface area contributed by atoms with Crippen LogP contribution in [0.25, 0.3) is 0 Å². The van der Waals surface area contributed by atoms with Crippen LogP contribution in [0.3, 0.4) is 0 Å². The van der Waals surface area contributed by atoms with Crippen molar-refractivity contribution in [3.8, 4) is 11.5 Å². The number of thioether (sulfide) groups is 1. The van der Waals surface area contributed by atoms with Gasteiger partial charge in [-0.05, 0) is 48.7 Å². The van der Waals surface area contributed by atoms with Gasteiger partial charge < -0.3 is 14.8 Å². The molecule has 0 aliphatic rings. The van der Waals surface area contributed by atoms with E-state index in [0.717, 1.165) is 21.6 Å². The van der Waals surface area contributed by atoms with Crippen molar-refractivity contribution in [3.05, 3.63) is 89.5 Å². The van der Waals surface area contributed by atoms with Gasteiger partial charge in [0.25, 0.3) is 0 Å². The highest BCUT2D eigenvalue weighted by Crippen LogP contribution is 2.34. The van der Waals surface area contributed by atoms with Crippen molar-refractivity contribution in [3.63, 3.8) is 0 Å². The third-order valence-electron chi connectivity index (χ3n) is 4.96. The Bertz CT molecular complexity index is 991. The molecule has 30 heavy (non-hydrogen) atoms. The lowest BCUT2D eigenvalue weighted by molar-refractivity contribution is -0.120. The average Bonchev–Trinajstić information content (AvgIpc) is 2.78. The van der Waals surface area contributed by atoms with Gasteiger partial charge in [-0.15, -0.1) is 11.8 Å². The SMILES string of the molecule is COc1ccc(SC(C)C(=O)NC(c2ccccc2)c2ccccc2C)cc1OC. The summed E-state index contributed by atoms with van der Waals surface area (Å²) in [6.45, 7) is 3.98. The fourth-order valence-electron chi connectivity index (χ4n) is 3.30. The first kappa shape index (κ1) is 21.8. The molecule has 0 saturated heterocycles. The maximum atomic E-state index is 13.1. The van der Waals surface area contributed by atoms with E-state index in [2.05, 4.69) is 24.4 Å². The summed E-state index contributed by atoms with van der Waals surface area (Å²) >= 11 is 1.49. The first-order valence-electron chi connectivity index (χ1n) is 9.83. The van der Waals surface area contributed by atoms with E-state index in [-0.39, 0.29) is 17.2 Å². The second-order valence-corrected chi connectivity index (χ2v) is 8.40. The van der Waals surface area contributed by atoms with Crippen molar-refractivity contribution >= 4 is 17.7 Å². The Hall–Kier alpha value is -2.92.